The van der Waals surface area contributed by atoms with E-state index in [0.717, 1.165) is 16.0 Å². The topological polar surface area (TPSA) is 63.1 Å². The Morgan fingerprint density at radius 2 is 1.71 bits per heavy atom. The van der Waals surface area contributed by atoms with Gasteiger partial charge in [0.1, 0.15) is 6.54 Å². The lowest BCUT2D eigenvalue weighted by molar-refractivity contribution is -0.885. The summed E-state index contributed by atoms with van der Waals surface area (Å²) in [6, 6.07) is 17.5. The Bertz CT molecular complexity index is 747. The largest absolute Gasteiger partial charge is 0.383 e. The van der Waals surface area contributed by atoms with Gasteiger partial charge in [0.15, 0.2) is 6.54 Å². The van der Waals surface area contributed by atoms with E-state index in [9.17, 15) is 9.59 Å². The first-order valence-corrected chi connectivity index (χ1v) is 9.46. The van der Waals surface area contributed by atoms with Crippen LogP contribution in [0.25, 0.3) is 0 Å². The van der Waals surface area contributed by atoms with Gasteiger partial charge in [0.05, 0.1) is 13.7 Å². The number of carbonyl (C=O) groups excluding carboxylic acids is 2. The fourth-order valence-corrected chi connectivity index (χ4v) is 3.00. The highest BCUT2D eigenvalue weighted by atomic mass is 16.5. The monoisotopic (exact) mass is 384 g/mol. The number of methoxy groups -OCH3 is 1. The standard InChI is InChI=1S/C22H29N3O3/c1-23-22(27)20-11-9-19(10-12-20)15-24(2)17-21(26)25(13-14-28-3)16-18-7-5-4-6-8-18/h4-12H,13-17H2,1-3H3,(H,23,27)/p+1. The molecule has 28 heavy (non-hydrogen) atoms. The molecule has 1 atom stereocenters. The zero-order chi connectivity index (χ0) is 20.4. The molecule has 2 rings (SSSR count). The number of hydrogen-bond donors (Lipinski definition) is 2. The number of nitrogens with zero attached hydrogens (tertiary/aromatic N) is 1. The lowest BCUT2D eigenvalue weighted by Crippen LogP contribution is -3.08. The van der Waals surface area contributed by atoms with Gasteiger partial charge in [0, 0.05) is 38.4 Å². The normalized spacial score (nSPS) is 11.7. The van der Waals surface area contributed by atoms with E-state index >= 15 is 0 Å². The highest BCUT2D eigenvalue weighted by Gasteiger charge is 2.18. The molecule has 0 spiro atoms. The van der Waals surface area contributed by atoms with Crippen molar-refractivity contribution in [2.75, 3.05) is 40.9 Å². The van der Waals surface area contributed by atoms with E-state index in [0.29, 0.717) is 38.3 Å². The van der Waals surface area contributed by atoms with Crippen molar-refractivity contribution in [1.82, 2.24) is 10.2 Å². The van der Waals surface area contributed by atoms with Crippen LogP contribution in [0.2, 0.25) is 0 Å². The number of likely N-dealkylation sites (N-methyl/N-ethyl adjacent to an activating group) is 1. The summed E-state index contributed by atoms with van der Waals surface area (Å²) >= 11 is 0. The molecule has 0 saturated heterocycles. The molecule has 0 radical (unpaired) electrons. The Morgan fingerprint density at radius 3 is 2.32 bits per heavy atom. The SMILES string of the molecule is CNC(=O)c1ccc(C[NH+](C)CC(=O)N(CCOC)Cc2ccccc2)cc1. The highest BCUT2D eigenvalue weighted by Crippen LogP contribution is 2.05. The Labute approximate surface area is 167 Å². The number of benzene rings is 2. The summed E-state index contributed by atoms with van der Waals surface area (Å²) in [7, 11) is 5.26. The number of hydrogen-bond acceptors (Lipinski definition) is 3. The zero-order valence-corrected chi connectivity index (χ0v) is 16.9. The molecule has 0 aliphatic rings. The van der Waals surface area contributed by atoms with Gasteiger partial charge in [-0.05, 0) is 17.7 Å². The van der Waals surface area contributed by atoms with Gasteiger partial charge in [-0.2, -0.15) is 0 Å². The fraction of sp³-hybridized carbons (Fsp3) is 0.364. The van der Waals surface area contributed by atoms with E-state index in [1.54, 1.807) is 14.2 Å². The third-order valence-electron chi connectivity index (χ3n) is 4.54. The van der Waals surface area contributed by atoms with E-state index in [1.165, 1.54) is 0 Å². The van der Waals surface area contributed by atoms with Crippen LogP contribution < -0.4 is 10.2 Å². The van der Waals surface area contributed by atoms with Crippen LogP contribution in [0.5, 0.6) is 0 Å². The second-order valence-corrected chi connectivity index (χ2v) is 6.88. The van der Waals surface area contributed by atoms with Crippen LogP contribution in [0.1, 0.15) is 21.5 Å². The molecule has 0 saturated carbocycles. The molecule has 2 N–H and O–H groups in total. The molecule has 0 aliphatic carbocycles. The van der Waals surface area contributed by atoms with Crippen molar-refractivity contribution >= 4 is 11.8 Å². The first-order chi connectivity index (χ1) is 13.5. The van der Waals surface area contributed by atoms with Crippen LogP contribution in [-0.2, 0) is 22.6 Å². The molecule has 6 nitrogen and oxygen atoms in total. The summed E-state index contributed by atoms with van der Waals surface area (Å²) in [5, 5.41) is 2.61. The van der Waals surface area contributed by atoms with Gasteiger partial charge < -0.3 is 19.9 Å². The molecule has 1 unspecified atom stereocenters. The smallest absolute Gasteiger partial charge is 0.278 e. The number of carbonyl (C=O) groups is 2. The second kappa shape index (κ2) is 11.2. The third kappa shape index (κ3) is 6.79. The number of rotatable bonds is 10. The second-order valence-electron chi connectivity index (χ2n) is 6.88. The van der Waals surface area contributed by atoms with Crippen molar-refractivity contribution in [3.05, 3.63) is 71.3 Å². The Morgan fingerprint density at radius 1 is 1.04 bits per heavy atom. The molecule has 2 aromatic carbocycles. The van der Waals surface area contributed by atoms with Crippen molar-refractivity contribution in [2.45, 2.75) is 13.1 Å². The maximum absolute atomic E-state index is 12.8. The van der Waals surface area contributed by atoms with Gasteiger partial charge in [-0.15, -0.1) is 0 Å². The minimum Gasteiger partial charge on any atom is -0.383 e. The zero-order valence-electron chi connectivity index (χ0n) is 16.9. The summed E-state index contributed by atoms with van der Waals surface area (Å²) in [6.45, 7) is 2.77. The van der Waals surface area contributed by atoms with Crippen LogP contribution in [0, 0.1) is 0 Å². The molecule has 0 aromatic heterocycles. The van der Waals surface area contributed by atoms with Crippen LogP contribution in [-0.4, -0.2) is 57.6 Å². The molecule has 0 aliphatic heterocycles. The number of ether oxygens (including phenoxy) is 1. The maximum atomic E-state index is 12.8. The van der Waals surface area contributed by atoms with E-state index in [2.05, 4.69) is 5.32 Å². The molecule has 0 bridgehead atoms. The fourth-order valence-electron chi connectivity index (χ4n) is 3.00. The van der Waals surface area contributed by atoms with E-state index in [1.807, 2.05) is 66.5 Å². The highest BCUT2D eigenvalue weighted by molar-refractivity contribution is 5.93. The third-order valence-corrected chi connectivity index (χ3v) is 4.54. The van der Waals surface area contributed by atoms with Crippen molar-refractivity contribution in [3.63, 3.8) is 0 Å². The molecule has 0 heterocycles. The first-order valence-electron chi connectivity index (χ1n) is 9.46. The molecular weight excluding hydrogens is 354 g/mol. The van der Waals surface area contributed by atoms with E-state index < -0.39 is 0 Å². The predicted octanol–water partition coefficient (Wildman–Crippen LogP) is 0.736. The first kappa shape index (κ1) is 21.6. The van der Waals surface area contributed by atoms with Gasteiger partial charge in [0.25, 0.3) is 11.8 Å². The summed E-state index contributed by atoms with van der Waals surface area (Å²) in [6.07, 6.45) is 0. The minimum atomic E-state index is -0.0999. The summed E-state index contributed by atoms with van der Waals surface area (Å²) in [4.78, 5) is 27.4. The Hall–Kier alpha value is -2.70. The lowest BCUT2D eigenvalue weighted by Gasteiger charge is -2.24. The van der Waals surface area contributed by atoms with Crippen molar-refractivity contribution < 1.29 is 19.2 Å². The quantitative estimate of drug-likeness (QED) is 0.635. The van der Waals surface area contributed by atoms with Gasteiger partial charge in [-0.3, -0.25) is 9.59 Å². The summed E-state index contributed by atoms with van der Waals surface area (Å²) in [5.41, 5.74) is 2.83. The molecule has 2 aromatic rings. The lowest BCUT2D eigenvalue weighted by atomic mass is 10.1. The molecule has 2 amide bonds. The van der Waals surface area contributed by atoms with Crippen LogP contribution in [0.3, 0.4) is 0 Å². The summed E-state index contributed by atoms with van der Waals surface area (Å²) in [5.74, 6) is -0.00231. The van der Waals surface area contributed by atoms with Crippen molar-refractivity contribution in [1.29, 1.82) is 0 Å². The Balaban J connectivity index is 1.94. The molecule has 150 valence electrons. The number of nitrogens with one attached hydrogen (secondary N) is 2. The average molecular weight is 385 g/mol. The van der Waals surface area contributed by atoms with Crippen LogP contribution in [0.15, 0.2) is 54.6 Å². The van der Waals surface area contributed by atoms with E-state index in [4.69, 9.17) is 4.74 Å². The maximum Gasteiger partial charge on any atom is 0.278 e. The molecular formula is C22H30N3O3+. The molecule has 6 heteroatoms. The van der Waals surface area contributed by atoms with Crippen molar-refractivity contribution in [2.24, 2.45) is 0 Å². The minimum absolute atomic E-state index is 0.0976. The van der Waals surface area contributed by atoms with E-state index in [-0.39, 0.29) is 11.8 Å². The van der Waals surface area contributed by atoms with Crippen LogP contribution >= 0.6 is 0 Å². The average Bonchev–Trinajstić information content (AvgIpc) is 2.71. The summed E-state index contributed by atoms with van der Waals surface area (Å²) < 4.78 is 5.17. The molecule has 0 fully saturated rings. The van der Waals surface area contributed by atoms with Crippen LogP contribution in [0.4, 0.5) is 0 Å². The Kier molecular flexibility index (Phi) is 8.65. The number of quaternary nitrogens is 1. The van der Waals surface area contributed by atoms with Gasteiger partial charge >= 0.3 is 0 Å². The van der Waals surface area contributed by atoms with Gasteiger partial charge in [0.2, 0.25) is 0 Å². The van der Waals surface area contributed by atoms with Crippen molar-refractivity contribution in [3.8, 4) is 0 Å². The predicted molar refractivity (Wildman–Crippen MR) is 109 cm³/mol. The van der Waals surface area contributed by atoms with Gasteiger partial charge in [-0.25, -0.2) is 0 Å². The van der Waals surface area contributed by atoms with Gasteiger partial charge in [-0.1, -0.05) is 42.5 Å². The number of amides is 2.